The van der Waals surface area contributed by atoms with Gasteiger partial charge in [0.05, 0.1) is 18.9 Å². The number of nitrogens with zero attached hydrogens (tertiary/aromatic N) is 1. The van der Waals surface area contributed by atoms with Crippen LogP contribution in [0.4, 0.5) is 0 Å². The van der Waals surface area contributed by atoms with Gasteiger partial charge in [-0.15, -0.1) is 0 Å². The fraction of sp³-hybridized carbons (Fsp3) is 0.0476. The average molecular weight is 426 g/mol. The van der Waals surface area contributed by atoms with Crippen molar-refractivity contribution in [1.82, 2.24) is 5.43 Å². The number of para-hydroxylation sites is 1. The Kier molecular flexibility index (Phi) is 6.33. The summed E-state index contributed by atoms with van der Waals surface area (Å²) in [5.41, 5.74) is 2.91. The van der Waals surface area contributed by atoms with Crippen LogP contribution in [0.15, 0.2) is 82.8 Å². The number of hydrazone groups is 1. The number of rotatable bonds is 7. The summed E-state index contributed by atoms with van der Waals surface area (Å²) in [6.45, 7) is 0. The molecular formula is C21H18N2O6S. The Morgan fingerprint density at radius 2 is 1.70 bits per heavy atom. The maximum Gasteiger partial charge on any atom is 0.339 e. The van der Waals surface area contributed by atoms with Gasteiger partial charge in [0.25, 0.3) is 5.91 Å². The molecule has 3 rings (SSSR count). The molecule has 0 saturated carbocycles. The predicted octanol–water partition coefficient (Wildman–Crippen LogP) is 2.93. The van der Waals surface area contributed by atoms with E-state index in [1.165, 1.54) is 49.7 Å². The first-order chi connectivity index (χ1) is 14.4. The molecule has 0 unspecified atom stereocenters. The largest absolute Gasteiger partial charge is 0.507 e. The van der Waals surface area contributed by atoms with E-state index in [0.717, 1.165) is 0 Å². The molecule has 0 atom stereocenters. The van der Waals surface area contributed by atoms with Crippen LogP contribution in [-0.4, -0.2) is 32.8 Å². The quantitative estimate of drug-likeness (QED) is 0.341. The fourth-order valence-corrected chi connectivity index (χ4v) is 3.44. The minimum atomic E-state index is -4.02. The summed E-state index contributed by atoms with van der Waals surface area (Å²) in [6, 6.07) is 18.3. The van der Waals surface area contributed by atoms with Crippen molar-refractivity contribution in [2.24, 2.45) is 5.10 Å². The van der Waals surface area contributed by atoms with Crippen LogP contribution in [0, 0.1) is 0 Å². The van der Waals surface area contributed by atoms with Crippen molar-refractivity contribution in [3.8, 4) is 17.2 Å². The molecule has 0 fully saturated rings. The lowest BCUT2D eigenvalue weighted by Crippen LogP contribution is -2.17. The number of amides is 1. The van der Waals surface area contributed by atoms with Gasteiger partial charge in [0, 0.05) is 0 Å². The SMILES string of the molecule is COc1cc(/C=N/NC(=O)c2ccccc2O)ccc1OS(=O)(=O)c1ccccc1. The van der Waals surface area contributed by atoms with Crippen LogP contribution in [0.25, 0.3) is 0 Å². The summed E-state index contributed by atoms with van der Waals surface area (Å²) in [6.07, 6.45) is 1.34. The van der Waals surface area contributed by atoms with Crippen LogP contribution in [-0.2, 0) is 10.1 Å². The van der Waals surface area contributed by atoms with Crippen molar-refractivity contribution in [1.29, 1.82) is 0 Å². The standard InChI is InChI=1S/C21H18N2O6S/c1-28-20-13-15(14-22-23-21(25)17-9-5-6-10-18(17)24)11-12-19(20)29-30(26,27)16-7-3-2-4-8-16/h2-14,24H,1H3,(H,23,25)/b22-14+. The van der Waals surface area contributed by atoms with E-state index in [2.05, 4.69) is 10.5 Å². The second-order valence-electron chi connectivity index (χ2n) is 5.98. The van der Waals surface area contributed by atoms with Gasteiger partial charge >= 0.3 is 10.1 Å². The molecule has 0 aliphatic carbocycles. The molecule has 8 nitrogen and oxygen atoms in total. The number of nitrogens with one attached hydrogen (secondary N) is 1. The minimum Gasteiger partial charge on any atom is -0.507 e. The Morgan fingerprint density at radius 3 is 2.40 bits per heavy atom. The Balaban J connectivity index is 1.73. The monoisotopic (exact) mass is 426 g/mol. The first kappa shape index (κ1) is 20.9. The Morgan fingerprint density at radius 1 is 1.00 bits per heavy atom. The Labute approximate surface area is 173 Å². The van der Waals surface area contributed by atoms with Gasteiger partial charge in [-0.3, -0.25) is 4.79 Å². The van der Waals surface area contributed by atoms with Gasteiger partial charge in [0.2, 0.25) is 0 Å². The van der Waals surface area contributed by atoms with E-state index in [9.17, 15) is 18.3 Å². The third kappa shape index (κ3) is 4.95. The minimum absolute atomic E-state index is 0.0109. The molecule has 2 N–H and O–H groups in total. The van der Waals surface area contributed by atoms with Gasteiger partial charge in [0.1, 0.15) is 10.6 Å². The van der Waals surface area contributed by atoms with E-state index in [4.69, 9.17) is 8.92 Å². The molecule has 0 spiro atoms. The predicted molar refractivity (Wildman–Crippen MR) is 110 cm³/mol. The molecule has 9 heteroatoms. The van der Waals surface area contributed by atoms with Gasteiger partial charge in [-0.05, 0) is 48.0 Å². The molecule has 3 aromatic carbocycles. The number of benzene rings is 3. The lowest BCUT2D eigenvalue weighted by atomic mass is 10.2. The summed E-state index contributed by atoms with van der Waals surface area (Å²) in [7, 11) is -2.64. The summed E-state index contributed by atoms with van der Waals surface area (Å²) in [4.78, 5) is 12.0. The van der Waals surface area contributed by atoms with Crippen LogP contribution in [0.2, 0.25) is 0 Å². The third-order valence-corrected chi connectivity index (χ3v) is 5.20. The maximum atomic E-state index is 12.4. The van der Waals surface area contributed by atoms with Crippen molar-refractivity contribution in [3.05, 3.63) is 83.9 Å². The fourth-order valence-electron chi connectivity index (χ4n) is 2.48. The highest BCUT2D eigenvalue weighted by Crippen LogP contribution is 2.30. The van der Waals surface area contributed by atoms with Gasteiger partial charge < -0.3 is 14.0 Å². The maximum absolute atomic E-state index is 12.4. The molecule has 0 bridgehead atoms. The lowest BCUT2D eigenvalue weighted by Gasteiger charge is -2.11. The molecule has 0 radical (unpaired) electrons. The number of aromatic hydroxyl groups is 1. The van der Waals surface area contributed by atoms with E-state index in [1.54, 1.807) is 36.4 Å². The Hall–Kier alpha value is -3.85. The van der Waals surface area contributed by atoms with Gasteiger partial charge in [-0.2, -0.15) is 13.5 Å². The summed E-state index contributed by atoms with van der Waals surface area (Å²) in [5, 5.41) is 13.5. The van der Waals surface area contributed by atoms with Crippen molar-refractivity contribution < 1.29 is 27.2 Å². The lowest BCUT2D eigenvalue weighted by molar-refractivity contribution is 0.0952. The highest BCUT2D eigenvalue weighted by Gasteiger charge is 2.18. The molecule has 0 saturated heterocycles. The molecular weight excluding hydrogens is 408 g/mol. The number of hydrogen-bond acceptors (Lipinski definition) is 7. The van der Waals surface area contributed by atoms with Crippen LogP contribution in [0.5, 0.6) is 17.2 Å². The van der Waals surface area contributed by atoms with Crippen molar-refractivity contribution >= 4 is 22.2 Å². The van der Waals surface area contributed by atoms with E-state index in [-0.39, 0.29) is 27.7 Å². The van der Waals surface area contributed by atoms with Crippen molar-refractivity contribution in [2.75, 3.05) is 7.11 Å². The average Bonchev–Trinajstić information content (AvgIpc) is 2.75. The molecule has 154 valence electrons. The topological polar surface area (TPSA) is 114 Å². The van der Waals surface area contributed by atoms with E-state index < -0.39 is 16.0 Å². The normalized spacial score (nSPS) is 11.2. The molecule has 0 aliphatic heterocycles. The summed E-state index contributed by atoms with van der Waals surface area (Å²) >= 11 is 0. The van der Waals surface area contributed by atoms with E-state index in [1.807, 2.05) is 0 Å². The smallest absolute Gasteiger partial charge is 0.339 e. The summed E-state index contributed by atoms with van der Waals surface area (Å²) in [5.74, 6) is -0.555. The van der Waals surface area contributed by atoms with Crippen LogP contribution >= 0.6 is 0 Å². The van der Waals surface area contributed by atoms with Crippen LogP contribution in [0.3, 0.4) is 0 Å². The highest BCUT2D eigenvalue weighted by molar-refractivity contribution is 7.87. The number of hydrogen-bond donors (Lipinski definition) is 2. The number of phenols is 1. The molecule has 30 heavy (non-hydrogen) atoms. The number of carbonyl (C=O) groups excluding carboxylic acids is 1. The first-order valence-electron chi connectivity index (χ1n) is 8.69. The number of phenolic OH excluding ortho intramolecular Hbond substituents is 1. The van der Waals surface area contributed by atoms with Gasteiger partial charge in [0.15, 0.2) is 11.5 Å². The van der Waals surface area contributed by atoms with Gasteiger partial charge in [-0.1, -0.05) is 30.3 Å². The Bertz CT molecular complexity index is 1180. The molecule has 0 aliphatic rings. The van der Waals surface area contributed by atoms with Gasteiger partial charge in [-0.25, -0.2) is 5.43 Å². The zero-order chi connectivity index (χ0) is 21.6. The molecule has 3 aromatic rings. The molecule has 0 aromatic heterocycles. The summed E-state index contributed by atoms with van der Waals surface area (Å²) < 4.78 is 35.2. The highest BCUT2D eigenvalue weighted by atomic mass is 32.2. The number of ether oxygens (including phenoxy) is 1. The van der Waals surface area contributed by atoms with Crippen molar-refractivity contribution in [3.63, 3.8) is 0 Å². The number of methoxy groups -OCH3 is 1. The first-order valence-corrected chi connectivity index (χ1v) is 10.1. The van der Waals surface area contributed by atoms with E-state index >= 15 is 0 Å². The zero-order valence-electron chi connectivity index (χ0n) is 15.8. The van der Waals surface area contributed by atoms with Crippen molar-refractivity contribution in [2.45, 2.75) is 4.90 Å². The van der Waals surface area contributed by atoms with Crippen LogP contribution < -0.4 is 14.3 Å². The second kappa shape index (κ2) is 9.10. The molecule has 0 heterocycles. The van der Waals surface area contributed by atoms with Crippen LogP contribution in [0.1, 0.15) is 15.9 Å². The zero-order valence-corrected chi connectivity index (χ0v) is 16.7. The second-order valence-corrected chi connectivity index (χ2v) is 7.52. The number of carbonyl (C=O) groups is 1. The van der Waals surface area contributed by atoms with E-state index in [0.29, 0.717) is 5.56 Å². The third-order valence-electron chi connectivity index (χ3n) is 3.95. The molecule has 1 amide bonds.